The summed E-state index contributed by atoms with van der Waals surface area (Å²) in [6.07, 6.45) is 0.884. The van der Waals surface area contributed by atoms with Gasteiger partial charge in [-0.15, -0.1) is 0 Å². The van der Waals surface area contributed by atoms with Crippen molar-refractivity contribution in [3.63, 3.8) is 0 Å². The zero-order valence-corrected chi connectivity index (χ0v) is 21.9. The van der Waals surface area contributed by atoms with Crippen molar-refractivity contribution in [3.8, 4) is 5.75 Å². The average molecular weight is 520 g/mol. The Kier molecular flexibility index (Phi) is 8.29. The van der Waals surface area contributed by atoms with Gasteiger partial charge in [0, 0.05) is 49.7 Å². The Morgan fingerprint density at radius 1 is 1.00 bits per heavy atom. The predicted molar refractivity (Wildman–Crippen MR) is 146 cm³/mol. The van der Waals surface area contributed by atoms with Crippen molar-refractivity contribution in [2.75, 3.05) is 39.8 Å². The molecule has 194 valence electrons. The topological polar surface area (TPSA) is 54.0 Å². The van der Waals surface area contributed by atoms with Gasteiger partial charge in [0.05, 0.1) is 19.8 Å². The third kappa shape index (κ3) is 6.83. The summed E-state index contributed by atoms with van der Waals surface area (Å²) < 4.78 is 11.9. The van der Waals surface area contributed by atoms with Gasteiger partial charge < -0.3 is 19.7 Å². The van der Waals surface area contributed by atoms with Crippen LogP contribution in [0.25, 0.3) is 0 Å². The van der Waals surface area contributed by atoms with E-state index >= 15 is 0 Å². The quantitative estimate of drug-likeness (QED) is 0.406. The minimum absolute atomic E-state index is 0.0460. The minimum Gasteiger partial charge on any atom is -0.497 e. The molecule has 6 nitrogen and oxygen atoms in total. The number of carbonyl (C=O) groups excluding carboxylic acids is 1. The number of halogens is 1. The maximum Gasteiger partial charge on any atom is 0.317 e. The number of ether oxygens (including phenoxy) is 2. The maximum absolute atomic E-state index is 12.9. The number of nitrogens with zero attached hydrogens (tertiary/aromatic N) is 2. The van der Waals surface area contributed by atoms with Crippen LogP contribution >= 0.6 is 11.6 Å². The molecule has 0 unspecified atom stereocenters. The summed E-state index contributed by atoms with van der Waals surface area (Å²) in [5, 5.41) is 3.93. The van der Waals surface area contributed by atoms with E-state index in [-0.39, 0.29) is 18.2 Å². The highest BCUT2D eigenvalue weighted by atomic mass is 35.5. The van der Waals surface area contributed by atoms with Gasteiger partial charge in [-0.25, -0.2) is 4.79 Å². The van der Waals surface area contributed by atoms with Gasteiger partial charge in [0.2, 0.25) is 0 Å². The first-order valence-electron chi connectivity index (χ1n) is 12.9. The van der Waals surface area contributed by atoms with Gasteiger partial charge in [-0.1, -0.05) is 66.2 Å². The Hall–Kier alpha value is -3.06. The monoisotopic (exact) mass is 519 g/mol. The van der Waals surface area contributed by atoms with Crippen LogP contribution in [0, 0.1) is 0 Å². The highest BCUT2D eigenvalue weighted by molar-refractivity contribution is 6.30. The molecule has 1 aliphatic carbocycles. The lowest BCUT2D eigenvalue weighted by atomic mass is 10.1. The van der Waals surface area contributed by atoms with Crippen molar-refractivity contribution in [1.82, 2.24) is 15.1 Å². The van der Waals surface area contributed by atoms with Crippen LogP contribution in [0.4, 0.5) is 4.79 Å². The van der Waals surface area contributed by atoms with Crippen LogP contribution in [-0.2, 0) is 11.3 Å². The molecule has 5 rings (SSSR count). The van der Waals surface area contributed by atoms with E-state index in [1.807, 2.05) is 53.4 Å². The van der Waals surface area contributed by atoms with E-state index < -0.39 is 0 Å². The van der Waals surface area contributed by atoms with Crippen LogP contribution in [0.3, 0.4) is 0 Å². The molecule has 37 heavy (non-hydrogen) atoms. The number of nitrogens with one attached hydrogen (secondary N) is 1. The number of carbonyl (C=O) groups is 1. The van der Waals surface area contributed by atoms with E-state index in [1.165, 1.54) is 5.56 Å². The maximum atomic E-state index is 12.9. The molecule has 0 aromatic heterocycles. The molecule has 3 aromatic rings. The molecule has 2 amide bonds. The van der Waals surface area contributed by atoms with Gasteiger partial charge in [-0.2, -0.15) is 0 Å². The molecule has 7 heteroatoms. The second-order valence-corrected chi connectivity index (χ2v) is 10.2. The van der Waals surface area contributed by atoms with Crippen LogP contribution in [0.1, 0.15) is 35.1 Å². The normalized spacial score (nSPS) is 20.3. The fraction of sp³-hybridized carbons (Fsp3) is 0.367. The van der Waals surface area contributed by atoms with Crippen LogP contribution in [0.2, 0.25) is 5.02 Å². The highest BCUT2D eigenvalue weighted by Crippen LogP contribution is 2.40. The van der Waals surface area contributed by atoms with E-state index in [0.29, 0.717) is 30.6 Å². The lowest BCUT2D eigenvalue weighted by Crippen LogP contribution is -2.52. The zero-order valence-electron chi connectivity index (χ0n) is 21.2. The van der Waals surface area contributed by atoms with Crippen LogP contribution in [-0.4, -0.2) is 61.7 Å². The van der Waals surface area contributed by atoms with Gasteiger partial charge in [0.15, 0.2) is 0 Å². The van der Waals surface area contributed by atoms with E-state index in [2.05, 4.69) is 40.5 Å². The molecule has 1 N–H and O–H groups in total. The first-order valence-corrected chi connectivity index (χ1v) is 13.3. The summed E-state index contributed by atoms with van der Waals surface area (Å²) >= 11 is 6.17. The number of amides is 2. The van der Waals surface area contributed by atoms with Gasteiger partial charge in [0.1, 0.15) is 5.75 Å². The number of benzene rings is 3. The Balaban J connectivity index is 1.15. The number of hydrogen-bond donors (Lipinski definition) is 1. The molecule has 0 radical (unpaired) electrons. The second kappa shape index (κ2) is 12.0. The molecule has 1 saturated heterocycles. The molecule has 1 aliphatic heterocycles. The Morgan fingerprint density at radius 2 is 1.78 bits per heavy atom. The lowest BCUT2D eigenvalue weighted by Gasteiger charge is -2.36. The molecule has 0 bridgehead atoms. The highest BCUT2D eigenvalue weighted by Gasteiger charge is 2.40. The molecule has 0 spiro atoms. The SMILES string of the molecule is COc1cccc([C@H](CN2CCN(C(=O)N[C@H]3C[C@H]3c3ccccc3)CC2)OCc2cccc(Cl)c2)c1. The molecule has 1 saturated carbocycles. The van der Waals surface area contributed by atoms with E-state index in [0.717, 1.165) is 42.9 Å². The van der Waals surface area contributed by atoms with Crippen molar-refractivity contribution in [2.45, 2.75) is 31.1 Å². The Morgan fingerprint density at radius 3 is 2.54 bits per heavy atom. The first-order chi connectivity index (χ1) is 18.1. The van der Waals surface area contributed by atoms with Gasteiger partial charge in [-0.3, -0.25) is 4.90 Å². The fourth-order valence-electron chi connectivity index (χ4n) is 4.96. The van der Waals surface area contributed by atoms with Crippen LogP contribution in [0.15, 0.2) is 78.9 Å². The van der Waals surface area contributed by atoms with Crippen molar-refractivity contribution in [3.05, 3.63) is 101 Å². The number of piperazine rings is 1. The molecule has 2 fully saturated rings. The third-order valence-electron chi connectivity index (χ3n) is 7.22. The number of rotatable bonds is 9. The van der Waals surface area contributed by atoms with Gasteiger partial charge in [-0.05, 0) is 47.4 Å². The molecular formula is C30H34ClN3O3. The van der Waals surface area contributed by atoms with Crippen molar-refractivity contribution < 1.29 is 14.3 Å². The van der Waals surface area contributed by atoms with Crippen LogP contribution in [0.5, 0.6) is 5.75 Å². The summed E-state index contributed by atoms with van der Waals surface area (Å²) in [5.41, 5.74) is 3.41. The Labute approximate surface area is 224 Å². The predicted octanol–water partition coefficient (Wildman–Crippen LogP) is 5.49. The summed E-state index contributed by atoms with van der Waals surface area (Å²) in [6, 6.07) is 26.5. The van der Waals surface area contributed by atoms with Gasteiger partial charge >= 0.3 is 6.03 Å². The first kappa shape index (κ1) is 25.6. The number of urea groups is 1. The van der Waals surface area contributed by atoms with Gasteiger partial charge in [0.25, 0.3) is 0 Å². The summed E-state index contributed by atoms with van der Waals surface area (Å²) in [5.74, 6) is 1.25. The average Bonchev–Trinajstić information content (AvgIpc) is 3.71. The van der Waals surface area contributed by atoms with Crippen molar-refractivity contribution in [1.29, 1.82) is 0 Å². The Bertz CT molecular complexity index is 1180. The molecule has 3 atom stereocenters. The summed E-state index contributed by atoms with van der Waals surface area (Å²) in [4.78, 5) is 17.2. The smallest absolute Gasteiger partial charge is 0.317 e. The van der Waals surface area contributed by atoms with E-state index in [9.17, 15) is 4.79 Å². The zero-order chi connectivity index (χ0) is 25.6. The minimum atomic E-state index is -0.132. The van der Waals surface area contributed by atoms with Crippen molar-refractivity contribution >= 4 is 17.6 Å². The number of hydrogen-bond acceptors (Lipinski definition) is 4. The lowest BCUT2D eigenvalue weighted by molar-refractivity contribution is 0.00546. The summed E-state index contributed by atoms with van der Waals surface area (Å²) in [6.45, 7) is 4.22. The largest absolute Gasteiger partial charge is 0.497 e. The molecule has 2 aliphatic rings. The third-order valence-corrected chi connectivity index (χ3v) is 7.45. The number of methoxy groups -OCH3 is 1. The standard InChI is InChI=1S/C30H34ClN3O3/c1-36-26-12-6-10-24(18-26)29(37-21-22-7-5-11-25(31)17-22)20-33-13-15-34(16-14-33)30(35)32-28-19-27(28)23-8-3-2-4-9-23/h2-12,17-18,27-29H,13-16,19-21H2,1H3,(H,32,35)/t27-,28-,29-/m0/s1. The van der Waals surface area contributed by atoms with E-state index in [4.69, 9.17) is 21.1 Å². The molecular weight excluding hydrogens is 486 g/mol. The fourth-order valence-corrected chi connectivity index (χ4v) is 5.17. The molecule has 1 heterocycles. The van der Waals surface area contributed by atoms with Crippen LogP contribution < -0.4 is 10.1 Å². The van der Waals surface area contributed by atoms with Crippen molar-refractivity contribution in [2.24, 2.45) is 0 Å². The second-order valence-electron chi connectivity index (χ2n) is 9.80. The summed E-state index contributed by atoms with van der Waals surface area (Å²) in [7, 11) is 1.68. The molecule has 3 aromatic carbocycles. The van der Waals surface area contributed by atoms with E-state index in [1.54, 1.807) is 7.11 Å².